The van der Waals surface area contributed by atoms with Gasteiger partial charge in [0.05, 0.1) is 0 Å². The quantitative estimate of drug-likeness (QED) is 0.590. The van der Waals surface area contributed by atoms with E-state index in [4.69, 9.17) is 17.3 Å². The van der Waals surface area contributed by atoms with Gasteiger partial charge in [0, 0.05) is 54.9 Å². The van der Waals surface area contributed by atoms with E-state index in [0.717, 1.165) is 31.0 Å². The minimum Gasteiger partial charge on any atom is -0.336 e. The Morgan fingerprint density at radius 3 is 2.57 bits per heavy atom. The maximum atomic E-state index is 12.8. The van der Waals surface area contributed by atoms with Gasteiger partial charge in [0.15, 0.2) is 0 Å². The van der Waals surface area contributed by atoms with Crippen molar-refractivity contribution in [3.05, 3.63) is 58.1 Å². The van der Waals surface area contributed by atoms with Crippen LogP contribution in [0.4, 0.5) is 8.78 Å². The SMILES string of the molecule is CC(F)(F)C1=CC(C2CC2)=CC1.CCC(=O)N1CC[C@@H](N)C1c1[c-]c(Cl)ccc1.[Cr]. The molecule has 1 aliphatic heterocycles. The van der Waals surface area contributed by atoms with Gasteiger partial charge in [-0.3, -0.25) is 4.79 Å². The van der Waals surface area contributed by atoms with Crippen LogP contribution in [0.25, 0.3) is 0 Å². The molecule has 4 rings (SSSR count). The number of nitrogens with two attached hydrogens (primary N) is 1. The summed E-state index contributed by atoms with van der Waals surface area (Å²) in [7, 11) is 0. The minimum absolute atomic E-state index is 0. The van der Waals surface area contributed by atoms with Crippen LogP contribution in [-0.4, -0.2) is 29.3 Å². The number of carbonyl (C=O) groups excluding carboxylic acids is 1. The van der Waals surface area contributed by atoms with Gasteiger partial charge in [-0.15, -0.1) is 17.2 Å². The first kappa shape index (κ1) is 25.1. The summed E-state index contributed by atoms with van der Waals surface area (Å²) in [6.07, 6.45) is 7.80. The molecule has 0 aromatic heterocycles. The first-order valence-corrected chi connectivity index (χ1v) is 10.6. The zero-order valence-electron chi connectivity index (χ0n) is 17.3. The van der Waals surface area contributed by atoms with Crippen LogP contribution in [0.3, 0.4) is 0 Å². The standard InChI is InChI=1S/C13H16ClN2O.C10H12F2.Cr/c1-2-12(17)16-7-6-11(15)13(16)9-4-3-5-10(14)8-9;1-10(11,12)9-5-4-8(6-9)7-2-3-7;/h3-5,11,13H,2,6-7,15H2,1H3;4,6-7H,2-3,5H2,1H3;/q-1;;/t11-,13?;;/m1../s1. The van der Waals surface area contributed by atoms with Gasteiger partial charge in [-0.25, -0.2) is 8.78 Å². The molecule has 164 valence electrons. The zero-order chi connectivity index (χ0) is 21.2. The molecule has 1 saturated heterocycles. The fraction of sp³-hybridized carbons (Fsp3) is 0.522. The summed E-state index contributed by atoms with van der Waals surface area (Å²) in [5.41, 5.74) is 8.42. The number of allylic oxidation sites excluding steroid dienone is 4. The minimum atomic E-state index is -2.62. The number of benzene rings is 1. The summed E-state index contributed by atoms with van der Waals surface area (Å²) in [6.45, 7) is 3.56. The Labute approximate surface area is 193 Å². The molecule has 0 spiro atoms. The molecule has 1 amide bonds. The van der Waals surface area contributed by atoms with E-state index in [-0.39, 0.29) is 40.9 Å². The van der Waals surface area contributed by atoms with Gasteiger partial charge in [0.2, 0.25) is 5.91 Å². The second-order valence-electron chi connectivity index (χ2n) is 8.03. The van der Waals surface area contributed by atoms with E-state index < -0.39 is 5.92 Å². The van der Waals surface area contributed by atoms with E-state index in [2.05, 4.69) is 6.07 Å². The Morgan fingerprint density at radius 1 is 1.33 bits per heavy atom. The van der Waals surface area contributed by atoms with Crippen LogP contribution in [0.15, 0.2) is 41.5 Å². The molecule has 7 heteroatoms. The van der Waals surface area contributed by atoms with E-state index >= 15 is 0 Å². The first-order valence-electron chi connectivity index (χ1n) is 10.2. The van der Waals surface area contributed by atoms with E-state index in [9.17, 15) is 13.6 Å². The third kappa shape index (κ3) is 6.17. The predicted octanol–water partition coefficient (Wildman–Crippen LogP) is 5.46. The van der Waals surface area contributed by atoms with Crippen molar-refractivity contribution in [1.29, 1.82) is 0 Å². The van der Waals surface area contributed by atoms with Gasteiger partial charge in [-0.1, -0.05) is 24.1 Å². The van der Waals surface area contributed by atoms with E-state index in [0.29, 0.717) is 23.8 Å². The molecular weight excluding hydrogens is 446 g/mol. The molecule has 3 aliphatic rings. The summed E-state index contributed by atoms with van der Waals surface area (Å²) in [6, 6.07) is 8.54. The number of rotatable bonds is 4. The average Bonchev–Trinajstić information content (AvgIpc) is 3.25. The monoisotopic (exact) mass is 473 g/mol. The number of nitrogens with zero attached hydrogens (tertiary/aromatic N) is 1. The largest absolute Gasteiger partial charge is 0.336 e. The molecule has 3 nitrogen and oxygen atoms in total. The molecule has 1 unspecified atom stereocenters. The van der Waals surface area contributed by atoms with Crippen molar-refractivity contribution in [2.45, 2.75) is 64.0 Å². The fourth-order valence-corrected chi connectivity index (χ4v) is 4.06. The Balaban J connectivity index is 0.000000218. The zero-order valence-corrected chi connectivity index (χ0v) is 19.4. The van der Waals surface area contributed by atoms with E-state index in [1.165, 1.54) is 12.8 Å². The number of hydrogen-bond donors (Lipinski definition) is 1. The molecule has 0 bridgehead atoms. The maximum absolute atomic E-state index is 12.8. The van der Waals surface area contributed by atoms with E-state index in [1.54, 1.807) is 12.1 Å². The molecular formula is C23H28ClCrF2N2O-. The molecule has 0 radical (unpaired) electrons. The van der Waals surface area contributed by atoms with Gasteiger partial charge < -0.3 is 10.6 Å². The summed E-state index contributed by atoms with van der Waals surface area (Å²) in [5.74, 6) is -1.88. The second-order valence-corrected chi connectivity index (χ2v) is 8.44. The summed E-state index contributed by atoms with van der Waals surface area (Å²) >= 11 is 5.93. The number of amides is 1. The van der Waals surface area contributed by atoms with Crippen molar-refractivity contribution < 1.29 is 30.9 Å². The van der Waals surface area contributed by atoms with Gasteiger partial charge >= 0.3 is 0 Å². The molecule has 2 fully saturated rings. The molecule has 2 aliphatic carbocycles. The number of hydrogen-bond acceptors (Lipinski definition) is 2. The van der Waals surface area contributed by atoms with Gasteiger partial charge in [0.25, 0.3) is 5.92 Å². The van der Waals surface area contributed by atoms with Gasteiger partial charge in [-0.05, 0) is 37.2 Å². The fourth-order valence-electron chi connectivity index (χ4n) is 3.88. The average molecular weight is 474 g/mol. The van der Waals surface area contributed by atoms with Crippen molar-refractivity contribution in [2.75, 3.05) is 6.54 Å². The van der Waals surface area contributed by atoms with Gasteiger partial charge in [-0.2, -0.15) is 24.3 Å². The third-order valence-electron chi connectivity index (χ3n) is 5.68. The Morgan fingerprint density at radius 2 is 2.03 bits per heavy atom. The molecule has 2 atom stereocenters. The first-order chi connectivity index (χ1) is 13.7. The van der Waals surface area contributed by atoms with Crippen molar-refractivity contribution >= 4 is 17.5 Å². The van der Waals surface area contributed by atoms with Crippen molar-refractivity contribution in [3.63, 3.8) is 0 Å². The van der Waals surface area contributed by atoms with Crippen molar-refractivity contribution in [3.8, 4) is 0 Å². The second kappa shape index (κ2) is 10.4. The number of alkyl halides is 2. The molecule has 2 N–H and O–H groups in total. The summed E-state index contributed by atoms with van der Waals surface area (Å²) < 4.78 is 25.6. The number of halogens is 3. The normalized spacial score (nSPS) is 23.2. The number of likely N-dealkylation sites (tertiary alicyclic amines) is 1. The molecule has 1 aromatic carbocycles. The van der Waals surface area contributed by atoms with E-state index in [1.807, 2.05) is 30.0 Å². The smallest absolute Gasteiger partial charge is 0.267 e. The van der Waals surface area contributed by atoms with Crippen LogP contribution in [0.2, 0.25) is 5.02 Å². The number of carbonyl (C=O) groups is 1. The van der Waals surface area contributed by atoms with Crippen molar-refractivity contribution in [1.82, 2.24) is 4.90 Å². The van der Waals surface area contributed by atoms with Crippen LogP contribution >= 0.6 is 11.6 Å². The Bertz CT molecular complexity index is 818. The molecule has 1 saturated carbocycles. The Kier molecular flexibility index (Phi) is 8.71. The van der Waals surface area contributed by atoms with Crippen LogP contribution in [0, 0.1) is 12.0 Å². The van der Waals surface area contributed by atoms with Gasteiger partial charge in [0.1, 0.15) is 0 Å². The van der Waals surface area contributed by atoms with Crippen LogP contribution < -0.4 is 5.73 Å². The molecule has 30 heavy (non-hydrogen) atoms. The summed E-state index contributed by atoms with van der Waals surface area (Å²) in [4.78, 5) is 13.7. The van der Waals surface area contributed by atoms with Crippen LogP contribution in [-0.2, 0) is 22.2 Å². The third-order valence-corrected chi connectivity index (χ3v) is 5.90. The molecule has 1 aromatic rings. The van der Waals surface area contributed by atoms with Crippen molar-refractivity contribution in [2.24, 2.45) is 11.7 Å². The van der Waals surface area contributed by atoms with Crippen LogP contribution in [0.1, 0.15) is 57.6 Å². The summed E-state index contributed by atoms with van der Waals surface area (Å²) in [5, 5.41) is 0.561. The predicted molar refractivity (Wildman–Crippen MR) is 112 cm³/mol. The maximum Gasteiger partial charge on any atom is 0.267 e. The Hall–Kier alpha value is -1.19. The topological polar surface area (TPSA) is 46.3 Å². The molecule has 1 heterocycles. The van der Waals surface area contributed by atoms with Crippen LogP contribution in [0.5, 0.6) is 0 Å².